The first kappa shape index (κ1) is 21.1. The van der Waals surface area contributed by atoms with E-state index in [0.717, 1.165) is 36.6 Å². The van der Waals surface area contributed by atoms with E-state index in [4.69, 9.17) is 23.2 Å². The monoisotopic (exact) mass is 444 g/mol. The van der Waals surface area contributed by atoms with Crippen LogP contribution < -0.4 is 5.32 Å². The van der Waals surface area contributed by atoms with Crippen LogP contribution in [0.5, 0.6) is 0 Å². The predicted octanol–water partition coefficient (Wildman–Crippen LogP) is 6.77. The fraction of sp³-hybridized carbons (Fsp3) is 0.333. The van der Waals surface area contributed by atoms with Gasteiger partial charge in [-0.2, -0.15) is 0 Å². The molecule has 0 radical (unpaired) electrons. The summed E-state index contributed by atoms with van der Waals surface area (Å²) in [6, 6.07) is 11.8. The highest BCUT2D eigenvalue weighted by atomic mass is 35.5. The molecule has 1 atom stereocenters. The lowest BCUT2D eigenvalue weighted by Crippen LogP contribution is -2.39. The van der Waals surface area contributed by atoms with Crippen molar-refractivity contribution in [3.63, 3.8) is 0 Å². The van der Waals surface area contributed by atoms with Gasteiger partial charge < -0.3 is 5.32 Å². The first-order valence-corrected chi connectivity index (χ1v) is 11.0. The van der Waals surface area contributed by atoms with Crippen LogP contribution in [0.4, 0.5) is 4.39 Å². The predicted molar refractivity (Wildman–Crippen MR) is 120 cm³/mol. The number of nitrogens with zero attached hydrogens (tertiary/aromatic N) is 1. The third kappa shape index (κ3) is 4.45. The summed E-state index contributed by atoms with van der Waals surface area (Å²) in [5.74, 6) is 0.409. The molecule has 2 aromatic carbocycles. The maximum absolute atomic E-state index is 13.8. The summed E-state index contributed by atoms with van der Waals surface area (Å²) in [6.45, 7) is 2.05. The number of fused-ring (bicyclic) bond motifs is 1. The number of rotatable bonds is 4. The Kier molecular flexibility index (Phi) is 6.26. The Balaban J connectivity index is 1.40. The maximum Gasteiger partial charge on any atom is 0.251 e. The van der Waals surface area contributed by atoms with Gasteiger partial charge in [-0.15, -0.1) is 0 Å². The summed E-state index contributed by atoms with van der Waals surface area (Å²) in [5.41, 5.74) is 2.51. The molecule has 1 N–H and O–H groups in total. The molecule has 1 fully saturated rings. The van der Waals surface area contributed by atoms with Crippen molar-refractivity contribution in [3.05, 3.63) is 75.7 Å². The van der Waals surface area contributed by atoms with Gasteiger partial charge >= 0.3 is 0 Å². The molecule has 0 aliphatic heterocycles. The molecular formula is C24H23Cl2FN2O. The highest BCUT2D eigenvalue weighted by Crippen LogP contribution is 2.39. The van der Waals surface area contributed by atoms with Crippen molar-refractivity contribution in [2.45, 2.75) is 44.6 Å². The Morgan fingerprint density at radius 3 is 2.57 bits per heavy atom. The summed E-state index contributed by atoms with van der Waals surface area (Å²) in [6.07, 6.45) is 5.83. The van der Waals surface area contributed by atoms with Crippen LogP contribution in [0, 0.1) is 11.7 Å². The molecule has 6 heteroatoms. The summed E-state index contributed by atoms with van der Waals surface area (Å²) >= 11 is 12.0. The smallest absolute Gasteiger partial charge is 0.251 e. The van der Waals surface area contributed by atoms with Crippen LogP contribution in [0.15, 0.2) is 48.7 Å². The van der Waals surface area contributed by atoms with Gasteiger partial charge in [-0.05, 0) is 92.5 Å². The number of amides is 1. The third-order valence-corrected chi connectivity index (χ3v) is 6.94. The lowest BCUT2D eigenvalue weighted by atomic mass is 9.75. The van der Waals surface area contributed by atoms with E-state index < -0.39 is 0 Å². The van der Waals surface area contributed by atoms with E-state index in [9.17, 15) is 9.18 Å². The number of carbonyl (C=O) groups is 1. The molecule has 1 amide bonds. The van der Waals surface area contributed by atoms with Crippen LogP contribution in [0.3, 0.4) is 0 Å². The van der Waals surface area contributed by atoms with E-state index >= 15 is 0 Å². The number of carbonyl (C=O) groups excluding carboxylic acids is 1. The second-order valence-electron chi connectivity index (χ2n) is 8.06. The quantitative estimate of drug-likeness (QED) is 0.481. The van der Waals surface area contributed by atoms with E-state index in [-0.39, 0.29) is 17.8 Å². The first-order chi connectivity index (χ1) is 14.4. The number of aromatic nitrogens is 1. The molecule has 3 nitrogen and oxygen atoms in total. The second-order valence-corrected chi connectivity index (χ2v) is 8.88. The number of nitrogens with one attached hydrogen (secondary N) is 1. The van der Waals surface area contributed by atoms with E-state index in [1.807, 2.05) is 12.3 Å². The molecule has 1 heterocycles. The molecule has 1 aliphatic carbocycles. The molecule has 3 aromatic rings. The van der Waals surface area contributed by atoms with Gasteiger partial charge in [-0.25, -0.2) is 4.39 Å². The average Bonchev–Trinajstić information content (AvgIpc) is 2.75. The Labute approximate surface area is 185 Å². The lowest BCUT2D eigenvalue weighted by Gasteiger charge is -2.33. The zero-order chi connectivity index (χ0) is 21.3. The molecular weight excluding hydrogens is 422 g/mol. The largest absolute Gasteiger partial charge is 0.349 e. The number of hydrogen-bond donors (Lipinski definition) is 1. The summed E-state index contributed by atoms with van der Waals surface area (Å²) in [5, 5.41) is 4.82. The first-order valence-electron chi connectivity index (χ1n) is 10.2. The molecule has 4 rings (SSSR count). The van der Waals surface area contributed by atoms with Crippen molar-refractivity contribution in [1.82, 2.24) is 10.3 Å². The zero-order valence-electron chi connectivity index (χ0n) is 16.7. The van der Waals surface area contributed by atoms with Crippen LogP contribution >= 0.6 is 23.2 Å². The number of hydrogen-bond acceptors (Lipinski definition) is 2. The van der Waals surface area contributed by atoms with Gasteiger partial charge in [0, 0.05) is 23.2 Å². The number of halogens is 3. The lowest BCUT2D eigenvalue weighted by molar-refractivity contribution is 0.0918. The summed E-state index contributed by atoms with van der Waals surface area (Å²) in [7, 11) is 0. The fourth-order valence-electron chi connectivity index (χ4n) is 4.47. The standard InChI is InChI=1S/C24H23Cl2FN2O/c1-14(29-24(30)17-6-8-21(25)22(26)12-17)15-2-4-16(5-3-15)19-10-11-28-23-9-7-18(27)13-20(19)23/h6-16H,2-5H2,1H3,(H,29,30)/t14-,15?,16?/m1/s1. The number of benzene rings is 2. The van der Waals surface area contributed by atoms with Gasteiger partial charge in [-0.3, -0.25) is 9.78 Å². The van der Waals surface area contributed by atoms with Gasteiger partial charge in [0.05, 0.1) is 15.6 Å². The van der Waals surface area contributed by atoms with Gasteiger partial charge in [0.25, 0.3) is 5.91 Å². The summed E-state index contributed by atoms with van der Waals surface area (Å²) in [4.78, 5) is 16.9. The van der Waals surface area contributed by atoms with Crippen molar-refractivity contribution in [1.29, 1.82) is 0 Å². The molecule has 0 bridgehead atoms. The Morgan fingerprint density at radius 1 is 1.07 bits per heavy atom. The molecule has 0 unspecified atom stereocenters. The Hall–Kier alpha value is -2.17. The van der Waals surface area contributed by atoms with E-state index in [0.29, 0.717) is 27.4 Å². The van der Waals surface area contributed by atoms with Crippen molar-refractivity contribution in [2.75, 3.05) is 0 Å². The van der Waals surface area contributed by atoms with E-state index in [2.05, 4.69) is 17.2 Å². The van der Waals surface area contributed by atoms with Crippen LogP contribution in [0.2, 0.25) is 10.0 Å². The van der Waals surface area contributed by atoms with Crippen LogP contribution in [0.25, 0.3) is 10.9 Å². The number of pyridine rings is 1. The molecule has 1 aromatic heterocycles. The topological polar surface area (TPSA) is 42.0 Å². The van der Waals surface area contributed by atoms with Gasteiger partial charge in [0.2, 0.25) is 0 Å². The van der Waals surface area contributed by atoms with Crippen LogP contribution in [0.1, 0.15) is 54.4 Å². The van der Waals surface area contributed by atoms with E-state index in [1.54, 1.807) is 30.3 Å². The summed E-state index contributed by atoms with van der Waals surface area (Å²) < 4.78 is 13.8. The average molecular weight is 445 g/mol. The molecule has 1 saturated carbocycles. The normalized spacial score (nSPS) is 20.1. The minimum atomic E-state index is -0.232. The molecule has 0 spiro atoms. The highest BCUT2D eigenvalue weighted by molar-refractivity contribution is 6.42. The molecule has 156 valence electrons. The highest BCUT2D eigenvalue weighted by Gasteiger charge is 2.28. The fourth-order valence-corrected chi connectivity index (χ4v) is 4.77. The van der Waals surface area contributed by atoms with Crippen LogP contribution in [-0.4, -0.2) is 16.9 Å². The van der Waals surface area contributed by atoms with Gasteiger partial charge in [-0.1, -0.05) is 23.2 Å². The SMILES string of the molecule is C[C@@H](NC(=O)c1ccc(Cl)c(Cl)c1)C1CCC(c2ccnc3ccc(F)cc23)CC1. The van der Waals surface area contributed by atoms with E-state index in [1.165, 1.54) is 11.6 Å². The minimum Gasteiger partial charge on any atom is -0.349 e. The van der Waals surface area contributed by atoms with Crippen molar-refractivity contribution >= 4 is 40.0 Å². The van der Waals surface area contributed by atoms with Gasteiger partial charge in [0.1, 0.15) is 5.82 Å². The van der Waals surface area contributed by atoms with Gasteiger partial charge in [0.15, 0.2) is 0 Å². The van der Waals surface area contributed by atoms with Crippen LogP contribution in [-0.2, 0) is 0 Å². The Morgan fingerprint density at radius 2 is 1.83 bits per heavy atom. The van der Waals surface area contributed by atoms with Crippen molar-refractivity contribution < 1.29 is 9.18 Å². The molecule has 1 aliphatic rings. The van der Waals surface area contributed by atoms with Crippen molar-refractivity contribution in [3.8, 4) is 0 Å². The Bertz CT molecular complexity index is 1080. The third-order valence-electron chi connectivity index (χ3n) is 6.20. The second kappa shape index (κ2) is 8.91. The maximum atomic E-state index is 13.8. The molecule has 30 heavy (non-hydrogen) atoms. The minimum absolute atomic E-state index is 0.0551. The van der Waals surface area contributed by atoms with Crippen molar-refractivity contribution in [2.24, 2.45) is 5.92 Å². The molecule has 0 saturated heterocycles. The zero-order valence-corrected chi connectivity index (χ0v) is 18.2.